The summed E-state index contributed by atoms with van der Waals surface area (Å²) in [6.07, 6.45) is 5.10. The molecule has 2 nitrogen and oxygen atoms in total. The van der Waals surface area contributed by atoms with Crippen LogP contribution in [0.1, 0.15) is 19.3 Å². The number of likely N-dealkylation sites (tertiary alicyclic amines) is 1. The van der Waals surface area contributed by atoms with Crippen molar-refractivity contribution in [2.75, 3.05) is 25.5 Å². The Kier molecular flexibility index (Phi) is 4.02. The Morgan fingerprint density at radius 3 is 2.50 bits per heavy atom. The van der Waals surface area contributed by atoms with Gasteiger partial charge in [-0.25, -0.2) is 4.39 Å². The number of benzene rings is 1. The van der Waals surface area contributed by atoms with Gasteiger partial charge < -0.3 is 10.2 Å². The zero-order valence-corrected chi connectivity index (χ0v) is 11.0. The smallest absolute Gasteiger partial charge is 0.123 e. The lowest BCUT2D eigenvalue weighted by Gasteiger charge is -2.41. The SMILES string of the molecule is C=CCC1(Nc2ccc(F)cc2)CCN(C)CC1. The van der Waals surface area contributed by atoms with E-state index < -0.39 is 0 Å². The van der Waals surface area contributed by atoms with Crippen LogP contribution >= 0.6 is 0 Å². The minimum Gasteiger partial charge on any atom is -0.379 e. The molecule has 1 aromatic carbocycles. The van der Waals surface area contributed by atoms with E-state index >= 15 is 0 Å². The van der Waals surface area contributed by atoms with Crippen molar-refractivity contribution in [2.24, 2.45) is 0 Å². The van der Waals surface area contributed by atoms with E-state index in [0.717, 1.165) is 38.0 Å². The lowest BCUT2D eigenvalue weighted by Crippen LogP contribution is -2.47. The number of nitrogens with zero attached hydrogens (tertiary/aromatic N) is 1. The molecule has 18 heavy (non-hydrogen) atoms. The Morgan fingerprint density at radius 1 is 1.33 bits per heavy atom. The lowest BCUT2D eigenvalue weighted by atomic mass is 9.84. The normalized spacial score (nSPS) is 19.4. The van der Waals surface area contributed by atoms with Crippen molar-refractivity contribution in [1.29, 1.82) is 0 Å². The van der Waals surface area contributed by atoms with Crippen molar-refractivity contribution in [3.05, 3.63) is 42.7 Å². The highest BCUT2D eigenvalue weighted by atomic mass is 19.1. The molecule has 98 valence electrons. The summed E-state index contributed by atoms with van der Waals surface area (Å²) >= 11 is 0. The average molecular weight is 248 g/mol. The predicted molar refractivity (Wildman–Crippen MR) is 74.3 cm³/mol. The minimum absolute atomic E-state index is 0.0755. The number of nitrogens with one attached hydrogen (secondary N) is 1. The summed E-state index contributed by atoms with van der Waals surface area (Å²) < 4.78 is 12.9. The van der Waals surface area contributed by atoms with Crippen molar-refractivity contribution in [1.82, 2.24) is 4.90 Å². The first kappa shape index (κ1) is 13.1. The Morgan fingerprint density at radius 2 is 1.94 bits per heavy atom. The van der Waals surface area contributed by atoms with Crippen LogP contribution in [0, 0.1) is 5.82 Å². The molecular weight excluding hydrogens is 227 g/mol. The molecule has 1 aliphatic heterocycles. The van der Waals surface area contributed by atoms with Gasteiger partial charge in [-0.2, -0.15) is 0 Å². The predicted octanol–water partition coefficient (Wildman–Crippen LogP) is 3.28. The van der Waals surface area contributed by atoms with Gasteiger partial charge in [0.2, 0.25) is 0 Å². The maximum absolute atomic E-state index is 12.9. The second kappa shape index (κ2) is 5.53. The molecule has 3 heteroatoms. The Hall–Kier alpha value is -1.35. The topological polar surface area (TPSA) is 15.3 Å². The molecule has 1 fully saturated rings. The standard InChI is InChI=1S/C15H21FN2/c1-3-8-15(9-11-18(2)12-10-15)17-14-6-4-13(16)5-7-14/h3-7,17H,1,8-12H2,2H3. The van der Waals surface area contributed by atoms with Crippen molar-refractivity contribution in [3.8, 4) is 0 Å². The highest BCUT2D eigenvalue weighted by Crippen LogP contribution is 2.30. The third-order valence-electron chi connectivity index (χ3n) is 3.73. The molecule has 2 rings (SSSR count). The fourth-order valence-corrected chi connectivity index (χ4v) is 2.54. The molecule has 0 saturated carbocycles. The fraction of sp³-hybridized carbons (Fsp3) is 0.467. The van der Waals surface area contributed by atoms with Crippen LogP contribution in [0.2, 0.25) is 0 Å². The fourth-order valence-electron chi connectivity index (χ4n) is 2.54. The van der Waals surface area contributed by atoms with Crippen LogP contribution in [-0.2, 0) is 0 Å². The van der Waals surface area contributed by atoms with Gasteiger partial charge >= 0.3 is 0 Å². The van der Waals surface area contributed by atoms with E-state index in [2.05, 4.69) is 23.8 Å². The second-order valence-corrected chi connectivity index (χ2v) is 5.21. The van der Waals surface area contributed by atoms with E-state index in [1.807, 2.05) is 6.08 Å². The molecule has 1 aliphatic rings. The van der Waals surface area contributed by atoms with Gasteiger partial charge in [0.15, 0.2) is 0 Å². The third kappa shape index (κ3) is 3.10. The number of anilines is 1. The van der Waals surface area contributed by atoms with Crippen molar-refractivity contribution in [3.63, 3.8) is 0 Å². The number of rotatable bonds is 4. The number of piperidine rings is 1. The zero-order valence-electron chi connectivity index (χ0n) is 11.0. The zero-order chi connectivity index (χ0) is 13.0. The van der Waals surface area contributed by atoms with Crippen LogP contribution in [0.25, 0.3) is 0 Å². The molecule has 0 radical (unpaired) electrons. The summed E-state index contributed by atoms with van der Waals surface area (Å²) in [6.45, 7) is 6.03. The van der Waals surface area contributed by atoms with Crippen LogP contribution in [0.15, 0.2) is 36.9 Å². The summed E-state index contributed by atoms with van der Waals surface area (Å²) in [6, 6.07) is 6.61. The summed E-state index contributed by atoms with van der Waals surface area (Å²) in [5, 5.41) is 3.58. The van der Waals surface area contributed by atoms with Gasteiger partial charge in [-0.1, -0.05) is 6.08 Å². The number of hydrogen-bond donors (Lipinski definition) is 1. The number of hydrogen-bond acceptors (Lipinski definition) is 2. The molecule has 0 atom stereocenters. The van der Waals surface area contributed by atoms with Gasteiger partial charge in [0, 0.05) is 24.3 Å². The number of halogens is 1. The Bertz CT molecular complexity index is 391. The van der Waals surface area contributed by atoms with Crippen LogP contribution in [0.3, 0.4) is 0 Å². The largest absolute Gasteiger partial charge is 0.379 e. The average Bonchev–Trinajstić information content (AvgIpc) is 2.37. The molecule has 0 spiro atoms. The molecule has 1 saturated heterocycles. The Labute approximate surface area is 108 Å². The summed E-state index contributed by atoms with van der Waals surface area (Å²) in [7, 11) is 2.15. The minimum atomic E-state index is -0.193. The quantitative estimate of drug-likeness (QED) is 0.823. The monoisotopic (exact) mass is 248 g/mol. The van der Waals surface area contributed by atoms with Gasteiger partial charge in [0.25, 0.3) is 0 Å². The van der Waals surface area contributed by atoms with E-state index in [4.69, 9.17) is 0 Å². The van der Waals surface area contributed by atoms with Gasteiger partial charge in [-0.05, 0) is 50.6 Å². The van der Waals surface area contributed by atoms with Crippen molar-refractivity contribution < 1.29 is 4.39 Å². The molecular formula is C15H21FN2. The van der Waals surface area contributed by atoms with Crippen molar-refractivity contribution >= 4 is 5.69 Å². The van der Waals surface area contributed by atoms with Crippen LogP contribution in [0.5, 0.6) is 0 Å². The molecule has 1 aromatic rings. The molecule has 0 aromatic heterocycles. The lowest BCUT2D eigenvalue weighted by molar-refractivity contribution is 0.206. The van der Waals surface area contributed by atoms with E-state index in [0.29, 0.717) is 0 Å². The van der Waals surface area contributed by atoms with E-state index in [1.54, 1.807) is 12.1 Å². The highest BCUT2D eigenvalue weighted by Gasteiger charge is 2.32. The van der Waals surface area contributed by atoms with Crippen LogP contribution in [0.4, 0.5) is 10.1 Å². The summed E-state index contributed by atoms with van der Waals surface area (Å²) in [5.74, 6) is -0.193. The van der Waals surface area contributed by atoms with E-state index in [9.17, 15) is 4.39 Å². The van der Waals surface area contributed by atoms with E-state index in [1.165, 1.54) is 12.1 Å². The van der Waals surface area contributed by atoms with Gasteiger partial charge in [-0.3, -0.25) is 0 Å². The third-order valence-corrected chi connectivity index (χ3v) is 3.73. The molecule has 0 amide bonds. The summed E-state index contributed by atoms with van der Waals surface area (Å²) in [4.78, 5) is 2.34. The summed E-state index contributed by atoms with van der Waals surface area (Å²) in [5.41, 5.74) is 1.06. The van der Waals surface area contributed by atoms with Crippen LogP contribution in [-0.4, -0.2) is 30.6 Å². The first-order valence-electron chi connectivity index (χ1n) is 6.47. The molecule has 1 N–H and O–H groups in total. The molecule has 0 bridgehead atoms. The maximum atomic E-state index is 12.9. The maximum Gasteiger partial charge on any atom is 0.123 e. The first-order valence-corrected chi connectivity index (χ1v) is 6.47. The first-order chi connectivity index (χ1) is 8.63. The van der Waals surface area contributed by atoms with E-state index in [-0.39, 0.29) is 11.4 Å². The van der Waals surface area contributed by atoms with Gasteiger partial charge in [0.05, 0.1) is 0 Å². The highest BCUT2D eigenvalue weighted by molar-refractivity contribution is 5.46. The van der Waals surface area contributed by atoms with Gasteiger partial charge in [-0.15, -0.1) is 6.58 Å². The Balaban J connectivity index is 2.10. The molecule has 0 unspecified atom stereocenters. The van der Waals surface area contributed by atoms with Crippen molar-refractivity contribution in [2.45, 2.75) is 24.8 Å². The van der Waals surface area contributed by atoms with Crippen LogP contribution < -0.4 is 5.32 Å². The van der Waals surface area contributed by atoms with Gasteiger partial charge in [0.1, 0.15) is 5.82 Å². The molecule has 1 heterocycles. The molecule has 0 aliphatic carbocycles. The second-order valence-electron chi connectivity index (χ2n) is 5.21.